The molecule has 3 heteroatoms. The summed E-state index contributed by atoms with van der Waals surface area (Å²) >= 11 is 0. The molecule has 0 bridgehead atoms. The van der Waals surface area contributed by atoms with Gasteiger partial charge in [-0.25, -0.2) is 0 Å². The average molecular weight is 167 g/mol. The topological polar surface area (TPSA) is 30.7 Å². The maximum atomic E-state index is 4.40. The molecule has 1 heterocycles. The molecule has 0 atom stereocenters. The number of rotatable bonds is 3. The van der Waals surface area contributed by atoms with Gasteiger partial charge in [-0.15, -0.1) is 0 Å². The zero-order chi connectivity index (χ0) is 9.14. The van der Waals surface area contributed by atoms with Crippen molar-refractivity contribution in [3.8, 4) is 0 Å². The van der Waals surface area contributed by atoms with Crippen LogP contribution in [0.2, 0.25) is 0 Å². The summed E-state index contributed by atoms with van der Waals surface area (Å²) in [7, 11) is 0. The van der Waals surface area contributed by atoms with E-state index in [1.54, 1.807) is 4.80 Å². The van der Waals surface area contributed by atoms with E-state index in [0.29, 0.717) is 6.04 Å². The van der Waals surface area contributed by atoms with Gasteiger partial charge in [0.05, 0.1) is 17.4 Å². The number of aromatic nitrogens is 3. The molecule has 0 amide bonds. The van der Waals surface area contributed by atoms with Crippen LogP contribution in [0.15, 0.2) is 0 Å². The van der Waals surface area contributed by atoms with Gasteiger partial charge in [0.2, 0.25) is 0 Å². The van der Waals surface area contributed by atoms with E-state index >= 15 is 0 Å². The second kappa shape index (κ2) is 3.70. The van der Waals surface area contributed by atoms with Crippen LogP contribution in [0.5, 0.6) is 0 Å². The maximum absolute atomic E-state index is 4.40. The normalized spacial score (nSPS) is 11.1. The fraction of sp³-hybridized carbons (Fsp3) is 0.778. The average Bonchev–Trinajstić information content (AvgIpc) is 2.46. The van der Waals surface area contributed by atoms with Crippen LogP contribution in [0.1, 0.15) is 45.1 Å². The minimum atomic E-state index is 0.371. The number of hydrogen-bond donors (Lipinski definition) is 0. The van der Waals surface area contributed by atoms with Crippen molar-refractivity contribution in [2.24, 2.45) is 0 Å². The first-order valence-corrected chi connectivity index (χ1v) is 4.63. The highest BCUT2D eigenvalue weighted by Gasteiger charge is 2.08. The lowest BCUT2D eigenvalue weighted by Gasteiger charge is -2.00. The summed E-state index contributed by atoms with van der Waals surface area (Å²) in [5.41, 5.74) is 2.29. The Morgan fingerprint density at radius 2 is 1.50 bits per heavy atom. The van der Waals surface area contributed by atoms with Crippen molar-refractivity contribution in [2.45, 2.75) is 46.6 Å². The van der Waals surface area contributed by atoms with E-state index in [1.807, 2.05) is 0 Å². The van der Waals surface area contributed by atoms with Gasteiger partial charge in [-0.05, 0) is 26.7 Å². The van der Waals surface area contributed by atoms with E-state index in [1.165, 1.54) is 0 Å². The lowest BCUT2D eigenvalue weighted by atomic mass is 10.2. The minimum Gasteiger partial charge on any atom is -0.182 e. The molecule has 68 valence electrons. The molecule has 0 fully saturated rings. The van der Waals surface area contributed by atoms with E-state index in [-0.39, 0.29) is 0 Å². The van der Waals surface area contributed by atoms with Crippen molar-refractivity contribution in [3.05, 3.63) is 11.4 Å². The molecule has 0 aliphatic heterocycles. The van der Waals surface area contributed by atoms with E-state index in [2.05, 4.69) is 37.9 Å². The van der Waals surface area contributed by atoms with Crippen molar-refractivity contribution < 1.29 is 0 Å². The van der Waals surface area contributed by atoms with Crippen LogP contribution in [-0.4, -0.2) is 15.0 Å². The smallest absolute Gasteiger partial charge is 0.0856 e. The Balaban J connectivity index is 2.97. The number of nitrogens with zero attached hydrogens (tertiary/aromatic N) is 3. The molecule has 0 radical (unpaired) electrons. The molecule has 0 unspecified atom stereocenters. The molecular formula is C9H17N3. The zero-order valence-corrected chi connectivity index (χ0v) is 8.33. The predicted octanol–water partition coefficient (Wildman–Crippen LogP) is 1.98. The molecule has 0 aliphatic carbocycles. The van der Waals surface area contributed by atoms with Gasteiger partial charge in [0.25, 0.3) is 0 Å². The van der Waals surface area contributed by atoms with Crippen LogP contribution < -0.4 is 0 Å². The van der Waals surface area contributed by atoms with Gasteiger partial charge in [0, 0.05) is 0 Å². The van der Waals surface area contributed by atoms with E-state index in [4.69, 9.17) is 0 Å². The quantitative estimate of drug-likeness (QED) is 0.689. The van der Waals surface area contributed by atoms with Crippen molar-refractivity contribution in [3.63, 3.8) is 0 Å². The summed E-state index contributed by atoms with van der Waals surface area (Å²) in [6, 6.07) is 0.371. The number of hydrogen-bond acceptors (Lipinski definition) is 2. The summed E-state index contributed by atoms with van der Waals surface area (Å²) in [5.74, 6) is 0. The lowest BCUT2D eigenvalue weighted by Crippen LogP contribution is -2.05. The van der Waals surface area contributed by atoms with Crippen LogP contribution in [-0.2, 0) is 12.8 Å². The van der Waals surface area contributed by atoms with Gasteiger partial charge in [0.15, 0.2) is 0 Å². The molecule has 1 aromatic rings. The second-order valence-electron chi connectivity index (χ2n) is 3.21. The van der Waals surface area contributed by atoms with E-state index < -0.39 is 0 Å². The predicted molar refractivity (Wildman–Crippen MR) is 49.2 cm³/mol. The molecule has 1 rings (SSSR count). The fourth-order valence-corrected chi connectivity index (χ4v) is 1.17. The monoisotopic (exact) mass is 167 g/mol. The summed E-state index contributed by atoms with van der Waals surface area (Å²) in [4.78, 5) is 1.80. The first-order valence-electron chi connectivity index (χ1n) is 4.63. The van der Waals surface area contributed by atoms with Crippen LogP contribution in [0, 0.1) is 0 Å². The molecule has 0 spiro atoms. The largest absolute Gasteiger partial charge is 0.182 e. The zero-order valence-electron chi connectivity index (χ0n) is 8.33. The Kier molecular flexibility index (Phi) is 2.84. The Bertz CT molecular complexity index is 229. The summed E-state index contributed by atoms with van der Waals surface area (Å²) in [6.07, 6.45) is 1.96. The summed E-state index contributed by atoms with van der Waals surface area (Å²) in [6.45, 7) is 8.43. The molecule has 0 aromatic carbocycles. The minimum absolute atomic E-state index is 0.371. The third-order valence-electron chi connectivity index (χ3n) is 1.91. The van der Waals surface area contributed by atoms with Gasteiger partial charge >= 0.3 is 0 Å². The maximum Gasteiger partial charge on any atom is 0.0856 e. The number of aryl methyl sites for hydroxylation is 2. The van der Waals surface area contributed by atoms with Gasteiger partial charge in [-0.3, -0.25) is 0 Å². The van der Waals surface area contributed by atoms with Gasteiger partial charge in [-0.2, -0.15) is 15.0 Å². The Hall–Kier alpha value is -0.860. The Morgan fingerprint density at radius 3 is 1.75 bits per heavy atom. The fourth-order valence-electron chi connectivity index (χ4n) is 1.17. The van der Waals surface area contributed by atoms with E-state index in [9.17, 15) is 0 Å². The SMILES string of the molecule is CCc1nn(C(C)C)nc1CC. The van der Waals surface area contributed by atoms with Crippen molar-refractivity contribution >= 4 is 0 Å². The highest BCUT2D eigenvalue weighted by atomic mass is 15.5. The Morgan fingerprint density at radius 1 is 1.08 bits per heavy atom. The highest BCUT2D eigenvalue weighted by Crippen LogP contribution is 2.08. The molecule has 0 N–H and O–H groups in total. The van der Waals surface area contributed by atoms with Crippen LogP contribution in [0.3, 0.4) is 0 Å². The highest BCUT2D eigenvalue weighted by molar-refractivity contribution is 5.08. The first-order chi connectivity index (χ1) is 5.69. The van der Waals surface area contributed by atoms with Crippen LogP contribution >= 0.6 is 0 Å². The van der Waals surface area contributed by atoms with Gasteiger partial charge in [0.1, 0.15) is 0 Å². The Labute approximate surface area is 73.8 Å². The first kappa shape index (κ1) is 9.23. The van der Waals surface area contributed by atoms with Crippen LogP contribution in [0.25, 0.3) is 0 Å². The van der Waals surface area contributed by atoms with Crippen LogP contribution in [0.4, 0.5) is 0 Å². The summed E-state index contributed by atoms with van der Waals surface area (Å²) in [5, 5.41) is 8.81. The molecule has 0 saturated heterocycles. The van der Waals surface area contributed by atoms with Gasteiger partial charge in [-0.1, -0.05) is 13.8 Å². The van der Waals surface area contributed by atoms with Gasteiger partial charge < -0.3 is 0 Å². The summed E-state index contributed by atoms with van der Waals surface area (Å²) < 4.78 is 0. The van der Waals surface area contributed by atoms with Crippen molar-refractivity contribution in [1.82, 2.24) is 15.0 Å². The van der Waals surface area contributed by atoms with Crippen molar-refractivity contribution in [2.75, 3.05) is 0 Å². The third kappa shape index (κ3) is 1.65. The lowest BCUT2D eigenvalue weighted by molar-refractivity contribution is 0.460. The molecule has 3 nitrogen and oxygen atoms in total. The molecule has 0 aliphatic rings. The molecule has 1 aromatic heterocycles. The third-order valence-corrected chi connectivity index (χ3v) is 1.91. The molecule has 0 saturated carbocycles. The molecular weight excluding hydrogens is 150 g/mol. The van der Waals surface area contributed by atoms with E-state index in [0.717, 1.165) is 24.2 Å². The second-order valence-corrected chi connectivity index (χ2v) is 3.21. The molecule has 12 heavy (non-hydrogen) atoms. The van der Waals surface area contributed by atoms with Crippen molar-refractivity contribution in [1.29, 1.82) is 0 Å². The standard InChI is InChI=1S/C9H17N3/c1-5-8-9(6-2)11-12(10-8)7(3)4/h7H,5-6H2,1-4H3.